The van der Waals surface area contributed by atoms with Gasteiger partial charge in [0.05, 0.1) is 6.61 Å². The molecule has 0 saturated carbocycles. The van der Waals surface area contributed by atoms with Gasteiger partial charge in [0.2, 0.25) is 0 Å². The molecule has 0 rings (SSSR count). The highest BCUT2D eigenvalue weighted by atomic mass is 17.1. The van der Waals surface area contributed by atoms with Crippen molar-refractivity contribution >= 4 is 0 Å². The molecule has 0 aromatic carbocycles. The van der Waals surface area contributed by atoms with Crippen LogP contribution in [-0.2, 0) is 4.89 Å². The van der Waals surface area contributed by atoms with Crippen molar-refractivity contribution in [1.82, 2.24) is 4.90 Å². The van der Waals surface area contributed by atoms with Crippen molar-refractivity contribution in [3.63, 3.8) is 0 Å². The highest BCUT2D eigenvalue weighted by Crippen LogP contribution is 2.27. The summed E-state index contributed by atoms with van der Waals surface area (Å²) in [6, 6.07) is 0.762. The standard InChI is InChI=1S/C28H59NO2/c1-6-8-10-12-14-18-22-27(23-19-15-13-11-9-7-2)29(5)26-28(3,4)24-20-16-17-21-25-31-30/h27,30H,6-26H2,1-5H3. The van der Waals surface area contributed by atoms with Crippen LogP contribution in [0.4, 0.5) is 0 Å². The van der Waals surface area contributed by atoms with Crippen LogP contribution < -0.4 is 0 Å². The third-order valence-electron chi connectivity index (χ3n) is 6.92. The Morgan fingerprint density at radius 2 is 1.13 bits per heavy atom. The second kappa shape index (κ2) is 21.7. The zero-order valence-corrected chi connectivity index (χ0v) is 22.2. The van der Waals surface area contributed by atoms with Gasteiger partial charge in [-0.25, -0.2) is 4.89 Å². The van der Waals surface area contributed by atoms with Crippen molar-refractivity contribution in [2.45, 2.75) is 156 Å². The van der Waals surface area contributed by atoms with Gasteiger partial charge in [0.1, 0.15) is 0 Å². The van der Waals surface area contributed by atoms with Crippen molar-refractivity contribution in [1.29, 1.82) is 0 Å². The molecule has 3 nitrogen and oxygen atoms in total. The zero-order chi connectivity index (χ0) is 23.2. The van der Waals surface area contributed by atoms with Crippen LogP contribution in [0.5, 0.6) is 0 Å². The smallest absolute Gasteiger partial charge is 0.0819 e. The fourth-order valence-corrected chi connectivity index (χ4v) is 4.91. The Labute approximate surface area is 196 Å². The molecule has 0 aromatic heterocycles. The summed E-state index contributed by atoms with van der Waals surface area (Å²) < 4.78 is 0. The predicted molar refractivity (Wildman–Crippen MR) is 138 cm³/mol. The fraction of sp³-hybridized carbons (Fsp3) is 1.00. The molecule has 0 aliphatic heterocycles. The number of rotatable bonds is 24. The maximum absolute atomic E-state index is 8.43. The van der Waals surface area contributed by atoms with E-state index >= 15 is 0 Å². The first kappa shape index (κ1) is 30.9. The molecule has 0 bridgehead atoms. The summed E-state index contributed by atoms with van der Waals surface area (Å²) in [6.07, 6.45) is 25.5. The molecule has 0 atom stereocenters. The van der Waals surface area contributed by atoms with Crippen molar-refractivity contribution in [3.8, 4) is 0 Å². The molecule has 1 N–H and O–H groups in total. The Bertz CT molecular complexity index is 343. The van der Waals surface area contributed by atoms with Crippen LogP contribution in [0.25, 0.3) is 0 Å². The quantitative estimate of drug-likeness (QED) is 0.0920. The van der Waals surface area contributed by atoms with Crippen molar-refractivity contribution in [2.24, 2.45) is 5.41 Å². The second-order valence-corrected chi connectivity index (χ2v) is 10.8. The van der Waals surface area contributed by atoms with Gasteiger partial charge in [0, 0.05) is 12.6 Å². The van der Waals surface area contributed by atoms with Crippen molar-refractivity contribution in [3.05, 3.63) is 0 Å². The van der Waals surface area contributed by atoms with E-state index in [1.165, 1.54) is 116 Å². The van der Waals surface area contributed by atoms with Gasteiger partial charge < -0.3 is 4.90 Å². The summed E-state index contributed by atoms with van der Waals surface area (Å²) in [4.78, 5) is 6.89. The summed E-state index contributed by atoms with van der Waals surface area (Å²) in [6.45, 7) is 11.2. The molecule has 188 valence electrons. The summed E-state index contributed by atoms with van der Waals surface area (Å²) in [5.41, 5.74) is 0.378. The van der Waals surface area contributed by atoms with Gasteiger partial charge in [-0.15, -0.1) is 0 Å². The molecule has 0 spiro atoms. The van der Waals surface area contributed by atoms with E-state index in [2.05, 4.69) is 44.5 Å². The molecule has 0 aliphatic rings. The lowest BCUT2D eigenvalue weighted by molar-refractivity contribution is -0.242. The molecule has 0 heterocycles. The van der Waals surface area contributed by atoms with Crippen LogP contribution in [0.15, 0.2) is 0 Å². The number of hydrogen-bond donors (Lipinski definition) is 1. The minimum absolute atomic E-state index is 0.378. The first-order valence-electron chi connectivity index (χ1n) is 13.9. The summed E-state index contributed by atoms with van der Waals surface area (Å²) in [5, 5.41) is 8.43. The first-order chi connectivity index (χ1) is 15.0. The Morgan fingerprint density at radius 1 is 0.677 bits per heavy atom. The van der Waals surface area contributed by atoms with Gasteiger partial charge in [-0.1, -0.05) is 124 Å². The van der Waals surface area contributed by atoms with Gasteiger partial charge in [-0.2, -0.15) is 0 Å². The molecule has 0 aliphatic carbocycles. The van der Waals surface area contributed by atoms with Gasteiger partial charge in [0.15, 0.2) is 0 Å². The predicted octanol–water partition coefficient (Wildman–Crippen LogP) is 9.25. The molecule has 0 aromatic rings. The Kier molecular flexibility index (Phi) is 21.6. The lowest BCUT2D eigenvalue weighted by atomic mass is 9.85. The topological polar surface area (TPSA) is 32.7 Å². The highest BCUT2D eigenvalue weighted by Gasteiger charge is 2.23. The van der Waals surface area contributed by atoms with Crippen LogP contribution in [0.3, 0.4) is 0 Å². The normalized spacial score (nSPS) is 12.4. The van der Waals surface area contributed by atoms with E-state index in [1.807, 2.05) is 0 Å². The van der Waals surface area contributed by atoms with Gasteiger partial charge in [0.25, 0.3) is 0 Å². The minimum Gasteiger partial charge on any atom is -0.303 e. The summed E-state index contributed by atoms with van der Waals surface area (Å²) in [5.74, 6) is 0. The molecule has 0 unspecified atom stereocenters. The summed E-state index contributed by atoms with van der Waals surface area (Å²) in [7, 11) is 2.39. The molecule has 31 heavy (non-hydrogen) atoms. The Balaban J connectivity index is 4.36. The lowest BCUT2D eigenvalue weighted by Gasteiger charge is -2.36. The van der Waals surface area contributed by atoms with E-state index in [4.69, 9.17) is 5.26 Å². The monoisotopic (exact) mass is 441 g/mol. The van der Waals surface area contributed by atoms with Crippen LogP contribution >= 0.6 is 0 Å². The van der Waals surface area contributed by atoms with Crippen LogP contribution in [0, 0.1) is 5.41 Å². The van der Waals surface area contributed by atoms with Crippen LogP contribution in [0.1, 0.15) is 150 Å². The third-order valence-corrected chi connectivity index (χ3v) is 6.92. The van der Waals surface area contributed by atoms with Crippen LogP contribution in [0.2, 0.25) is 0 Å². The van der Waals surface area contributed by atoms with E-state index in [9.17, 15) is 0 Å². The fourth-order valence-electron chi connectivity index (χ4n) is 4.91. The van der Waals surface area contributed by atoms with Crippen LogP contribution in [-0.4, -0.2) is 36.4 Å². The summed E-state index contributed by atoms with van der Waals surface area (Å²) >= 11 is 0. The Hall–Kier alpha value is -0.120. The van der Waals surface area contributed by atoms with E-state index in [0.29, 0.717) is 12.0 Å². The van der Waals surface area contributed by atoms with Gasteiger partial charge in [-0.3, -0.25) is 5.26 Å². The number of hydrogen-bond acceptors (Lipinski definition) is 3. The third kappa shape index (κ3) is 20.2. The average molecular weight is 442 g/mol. The average Bonchev–Trinajstić information content (AvgIpc) is 2.73. The molecule has 0 saturated heterocycles. The maximum atomic E-state index is 8.43. The van der Waals surface area contributed by atoms with E-state index < -0.39 is 0 Å². The number of unbranched alkanes of at least 4 members (excludes halogenated alkanes) is 13. The lowest BCUT2D eigenvalue weighted by Crippen LogP contribution is -2.39. The van der Waals surface area contributed by atoms with E-state index in [1.54, 1.807) is 0 Å². The number of nitrogens with zero attached hydrogens (tertiary/aromatic N) is 1. The Morgan fingerprint density at radius 3 is 1.65 bits per heavy atom. The van der Waals surface area contributed by atoms with Crippen molar-refractivity contribution < 1.29 is 10.1 Å². The molecular weight excluding hydrogens is 382 g/mol. The minimum atomic E-state index is 0.378. The van der Waals surface area contributed by atoms with Crippen molar-refractivity contribution in [2.75, 3.05) is 20.2 Å². The van der Waals surface area contributed by atoms with E-state index in [0.717, 1.165) is 18.9 Å². The van der Waals surface area contributed by atoms with Gasteiger partial charge >= 0.3 is 0 Å². The molecule has 0 amide bonds. The highest BCUT2D eigenvalue weighted by molar-refractivity contribution is 4.78. The largest absolute Gasteiger partial charge is 0.303 e. The molecule has 3 heteroatoms. The molecule has 0 radical (unpaired) electrons. The zero-order valence-electron chi connectivity index (χ0n) is 22.2. The van der Waals surface area contributed by atoms with E-state index in [-0.39, 0.29) is 0 Å². The molecular formula is C28H59NO2. The molecule has 0 fully saturated rings. The SMILES string of the molecule is CCCCCCCCC(CCCCCCCC)N(C)CC(C)(C)CCCCCCOO. The first-order valence-corrected chi connectivity index (χ1v) is 13.9. The maximum Gasteiger partial charge on any atom is 0.0819 e. The van der Waals surface area contributed by atoms with Gasteiger partial charge in [-0.05, 0) is 38.1 Å². The second-order valence-electron chi connectivity index (χ2n) is 10.8.